The number of ether oxygens (including phenoxy) is 1. The minimum Gasteiger partial charge on any atom is -0.495 e. The maximum absolute atomic E-state index is 12.7. The molecule has 0 saturated heterocycles. The molecule has 0 unspecified atom stereocenters. The van der Waals surface area contributed by atoms with Crippen molar-refractivity contribution in [2.45, 2.75) is 30.6 Å². The minimum absolute atomic E-state index is 0.177. The lowest BCUT2D eigenvalue weighted by Gasteiger charge is -2.29. The SMILES string of the molecule is CCCSc1nnc(NC(=O)[C@@H](C)N(c2cc(Cl)ccc2OC)S(C)(=O)=O)s1. The van der Waals surface area contributed by atoms with Gasteiger partial charge in [-0.15, -0.1) is 10.2 Å². The molecule has 0 aliphatic rings. The smallest absolute Gasteiger partial charge is 0.249 e. The van der Waals surface area contributed by atoms with Gasteiger partial charge in [-0.3, -0.25) is 14.4 Å². The predicted molar refractivity (Wildman–Crippen MR) is 114 cm³/mol. The molecule has 0 aliphatic heterocycles. The summed E-state index contributed by atoms with van der Waals surface area (Å²) in [5.41, 5.74) is 0.177. The molecule has 1 aromatic carbocycles. The third kappa shape index (κ3) is 5.72. The molecule has 0 fully saturated rings. The summed E-state index contributed by atoms with van der Waals surface area (Å²) >= 11 is 8.82. The summed E-state index contributed by atoms with van der Waals surface area (Å²) in [6, 6.07) is 3.49. The number of thioether (sulfide) groups is 1. The van der Waals surface area contributed by atoms with E-state index in [1.807, 2.05) is 0 Å². The first-order valence-corrected chi connectivity index (χ1v) is 12.3. The molecular weight excluding hydrogens is 444 g/mol. The Morgan fingerprint density at radius 2 is 2.14 bits per heavy atom. The van der Waals surface area contributed by atoms with Crippen molar-refractivity contribution in [2.75, 3.05) is 28.7 Å². The summed E-state index contributed by atoms with van der Waals surface area (Å²) in [7, 11) is -2.40. The molecule has 12 heteroatoms. The van der Waals surface area contributed by atoms with Crippen molar-refractivity contribution in [3.8, 4) is 5.75 Å². The van der Waals surface area contributed by atoms with E-state index in [2.05, 4.69) is 22.4 Å². The van der Waals surface area contributed by atoms with Crippen LogP contribution in [0.5, 0.6) is 5.75 Å². The van der Waals surface area contributed by atoms with Crippen LogP contribution in [-0.4, -0.2) is 49.7 Å². The Bertz CT molecular complexity index is 936. The maximum atomic E-state index is 12.7. The van der Waals surface area contributed by atoms with E-state index in [1.165, 1.54) is 31.4 Å². The van der Waals surface area contributed by atoms with Gasteiger partial charge in [0, 0.05) is 10.8 Å². The normalized spacial score (nSPS) is 12.5. The average Bonchev–Trinajstić information content (AvgIpc) is 3.06. The standard InChI is InChI=1S/C16H21ClN4O4S3/c1-5-8-26-16-20-19-15(27-16)18-14(22)10(2)21(28(4,23)24)12-9-11(17)6-7-13(12)25-3/h6-7,9-10H,5,8H2,1-4H3,(H,18,19,22)/t10-/m1/s1. The van der Waals surface area contributed by atoms with Gasteiger partial charge in [0.05, 0.1) is 19.1 Å². The van der Waals surface area contributed by atoms with Crippen LogP contribution in [0.1, 0.15) is 20.3 Å². The molecule has 0 bridgehead atoms. The van der Waals surface area contributed by atoms with Crippen LogP contribution in [-0.2, 0) is 14.8 Å². The topological polar surface area (TPSA) is 101 Å². The third-order valence-corrected chi connectivity index (χ3v) is 7.17. The van der Waals surface area contributed by atoms with Gasteiger partial charge in [0.15, 0.2) is 4.34 Å². The van der Waals surface area contributed by atoms with Crippen molar-refractivity contribution in [1.82, 2.24) is 10.2 Å². The van der Waals surface area contributed by atoms with Crippen molar-refractivity contribution < 1.29 is 17.9 Å². The number of carbonyl (C=O) groups excluding carboxylic acids is 1. The highest BCUT2D eigenvalue weighted by Gasteiger charge is 2.32. The number of benzene rings is 1. The van der Waals surface area contributed by atoms with E-state index in [0.29, 0.717) is 10.2 Å². The molecule has 8 nitrogen and oxygen atoms in total. The number of hydrogen-bond donors (Lipinski definition) is 1. The number of aromatic nitrogens is 2. The van der Waals surface area contributed by atoms with E-state index < -0.39 is 22.0 Å². The van der Waals surface area contributed by atoms with Crippen molar-refractivity contribution >= 4 is 61.4 Å². The Morgan fingerprint density at radius 3 is 2.75 bits per heavy atom. The van der Waals surface area contributed by atoms with Crippen LogP contribution in [0.4, 0.5) is 10.8 Å². The van der Waals surface area contributed by atoms with Crippen LogP contribution >= 0.6 is 34.7 Å². The Balaban J connectivity index is 2.28. The van der Waals surface area contributed by atoms with Gasteiger partial charge in [-0.25, -0.2) is 8.42 Å². The van der Waals surface area contributed by atoms with Gasteiger partial charge in [0.1, 0.15) is 11.8 Å². The number of anilines is 2. The van der Waals surface area contributed by atoms with Crippen LogP contribution in [0.3, 0.4) is 0 Å². The molecule has 1 heterocycles. The van der Waals surface area contributed by atoms with Gasteiger partial charge < -0.3 is 4.74 Å². The third-order valence-electron chi connectivity index (χ3n) is 3.53. The molecule has 1 atom stereocenters. The number of carbonyl (C=O) groups is 1. The van der Waals surface area contributed by atoms with E-state index in [1.54, 1.807) is 23.9 Å². The number of halogens is 1. The Labute approximate surface area is 177 Å². The highest BCUT2D eigenvalue weighted by atomic mass is 35.5. The van der Waals surface area contributed by atoms with Gasteiger partial charge >= 0.3 is 0 Å². The number of methoxy groups -OCH3 is 1. The van der Waals surface area contributed by atoms with Crippen molar-refractivity contribution in [1.29, 1.82) is 0 Å². The average molecular weight is 465 g/mol. The lowest BCUT2D eigenvalue weighted by atomic mass is 10.2. The number of sulfonamides is 1. The highest BCUT2D eigenvalue weighted by molar-refractivity contribution is 8.01. The Kier molecular flexibility index (Phi) is 7.93. The van der Waals surface area contributed by atoms with Crippen LogP contribution in [0.25, 0.3) is 0 Å². The quantitative estimate of drug-likeness (QED) is 0.447. The fraction of sp³-hybridized carbons (Fsp3) is 0.438. The molecule has 1 amide bonds. The van der Waals surface area contributed by atoms with Gasteiger partial charge in [-0.2, -0.15) is 0 Å². The van der Waals surface area contributed by atoms with E-state index in [9.17, 15) is 13.2 Å². The van der Waals surface area contributed by atoms with E-state index in [4.69, 9.17) is 16.3 Å². The van der Waals surface area contributed by atoms with Gasteiger partial charge in [0.25, 0.3) is 0 Å². The van der Waals surface area contributed by atoms with Gasteiger partial charge in [-0.1, -0.05) is 41.6 Å². The predicted octanol–water partition coefficient (Wildman–Crippen LogP) is 3.50. The van der Waals surface area contributed by atoms with E-state index in [0.717, 1.165) is 27.1 Å². The summed E-state index contributed by atoms with van der Waals surface area (Å²) in [6.07, 6.45) is 2.01. The lowest BCUT2D eigenvalue weighted by Crippen LogP contribution is -2.45. The van der Waals surface area contributed by atoms with Crippen LogP contribution in [0.15, 0.2) is 22.5 Å². The summed E-state index contributed by atoms with van der Waals surface area (Å²) in [5.74, 6) is 0.634. The molecule has 0 aliphatic carbocycles. The first-order chi connectivity index (χ1) is 13.2. The molecular formula is C16H21ClN4O4S3. The monoisotopic (exact) mass is 464 g/mol. The molecule has 154 valence electrons. The zero-order valence-electron chi connectivity index (χ0n) is 15.8. The summed E-state index contributed by atoms with van der Waals surface area (Å²) < 4.78 is 31.9. The minimum atomic E-state index is -3.81. The summed E-state index contributed by atoms with van der Waals surface area (Å²) in [5, 5.41) is 11.2. The van der Waals surface area contributed by atoms with Crippen molar-refractivity contribution in [3.63, 3.8) is 0 Å². The van der Waals surface area contributed by atoms with Crippen LogP contribution in [0.2, 0.25) is 5.02 Å². The Morgan fingerprint density at radius 1 is 1.43 bits per heavy atom. The molecule has 2 aromatic rings. The maximum Gasteiger partial charge on any atom is 0.249 e. The summed E-state index contributed by atoms with van der Waals surface area (Å²) in [4.78, 5) is 12.7. The summed E-state index contributed by atoms with van der Waals surface area (Å²) in [6.45, 7) is 3.53. The lowest BCUT2D eigenvalue weighted by molar-refractivity contribution is -0.116. The molecule has 1 aromatic heterocycles. The second-order valence-electron chi connectivity index (χ2n) is 5.76. The fourth-order valence-corrected chi connectivity index (χ4v) is 5.35. The largest absolute Gasteiger partial charge is 0.495 e. The molecule has 0 saturated carbocycles. The Hall–Kier alpha value is -1.56. The number of amides is 1. The second-order valence-corrected chi connectivity index (χ2v) is 10.4. The first kappa shape index (κ1) is 22.7. The highest BCUT2D eigenvalue weighted by Crippen LogP contribution is 2.34. The molecule has 0 spiro atoms. The number of hydrogen-bond acceptors (Lipinski definition) is 8. The van der Waals surface area contributed by atoms with Crippen molar-refractivity contribution in [2.24, 2.45) is 0 Å². The van der Waals surface area contributed by atoms with Gasteiger partial charge in [0.2, 0.25) is 21.1 Å². The fourth-order valence-electron chi connectivity index (χ4n) is 2.33. The van der Waals surface area contributed by atoms with E-state index >= 15 is 0 Å². The number of nitrogens with one attached hydrogen (secondary N) is 1. The molecule has 28 heavy (non-hydrogen) atoms. The molecule has 1 N–H and O–H groups in total. The zero-order valence-corrected chi connectivity index (χ0v) is 19.0. The van der Waals surface area contributed by atoms with Crippen LogP contribution in [0, 0.1) is 0 Å². The van der Waals surface area contributed by atoms with Crippen LogP contribution < -0.4 is 14.4 Å². The zero-order chi connectivity index (χ0) is 20.9. The second kappa shape index (κ2) is 9.77. The number of rotatable bonds is 9. The number of nitrogens with zero attached hydrogens (tertiary/aromatic N) is 3. The van der Waals surface area contributed by atoms with Gasteiger partial charge in [-0.05, 0) is 31.5 Å². The van der Waals surface area contributed by atoms with E-state index in [-0.39, 0.29) is 11.4 Å². The van der Waals surface area contributed by atoms with Crippen molar-refractivity contribution in [3.05, 3.63) is 23.2 Å². The molecule has 0 radical (unpaired) electrons. The molecule has 2 rings (SSSR count). The first-order valence-electron chi connectivity index (χ1n) is 8.27.